The zero-order valence-electron chi connectivity index (χ0n) is 6.04. The van der Waals surface area contributed by atoms with Gasteiger partial charge in [0, 0.05) is 6.92 Å². The van der Waals surface area contributed by atoms with Gasteiger partial charge < -0.3 is 0 Å². The molecule has 0 radical (unpaired) electrons. The highest BCUT2D eigenvalue weighted by molar-refractivity contribution is 5.30. The second-order valence-electron chi connectivity index (χ2n) is 1.95. The van der Waals surface area contributed by atoms with E-state index in [1.54, 1.807) is 0 Å². The fourth-order valence-electron chi connectivity index (χ4n) is 0.683. The Balaban J connectivity index is 2.76. The van der Waals surface area contributed by atoms with Crippen molar-refractivity contribution >= 4 is 0 Å². The van der Waals surface area contributed by atoms with Crippen molar-refractivity contribution in [2.45, 2.75) is 6.92 Å². The van der Waals surface area contributed by atoms with E-state index in [9.17, 15) is 0 Å². The zero-order chi connectivity index (χ0) is 7.23. The average molecular weight is 132 g/mol. The van der Waals surface area contributed by atoms with Crippen molar-refractivity contribution in [3.63, 3.8) is 0 Å². The maximum absolute atomic E-state index is 3.99. The van der Waals surface area contributed by atoms with E-state index in [0.29, 0.717) is 0 Å². The number of hydrogen-bond donors (Lipinski definition) is 0. The molecule has 0 atom stereocenters. The summed E-state index contributed by atoms with van der Waals surface area (Å²) < 4.78 is 0. The summed E-state index contributed by atoms with van der Waals surface area (Å²) in [6.45, 7) is 2.80. The van der Waals surface area contributed by atoms with Crippen LogP contribution in [0.1, 0.15) is 12.5 Å². The first-order chi connectivity index (χ1) is 4.93. The summed E-state index contributed by atoms with van der Waals surface area (Å²) in [6.07, 6.45) is 0. The third-order valence-electron chi connectivity index (χ3n) is 1.14. The lowest BCUT2D eigenvalue weighted by molar-refractivity contribution is 1.34. The van der Waals surface area contributed by atoms with Gasteiger partial charge >= 0.3 is 6.07 Å². The van der Waals surface area contributed by atoms with Crippen LogP contribution in [0.2, 0.25) is 0 Å². The van der Waals surface area contributed by atoms with Gasteiger partial charge in [0.1, 0.15) is 5.56 Å². The average Bonchev–Trinajstić information content (AvgIpc) is 2.03. The maximum Gasteiger partial charge on any atom is 0.311 e. The van der Waals surface area contributed by atoms with Crippen molar-refractivity contribution in [3.05, 3.63) is 40.7 Å². The smallest absolute Gasteiger partial charge is 0.0783 e. The normalized spacial score (nSPS) is 8.10. The van der Waals surface area contributed by atoms with Gasteiger partial charge in [-0.2, -0.15) is 0 Å². The van der Waals surface area contributed by atoms with Crippen LogP contribution in [0.5, 0.6) is 0 Å². The molecule has 1 aromatic rings. The van der Waals surface area contributed by atoms with Crippen LogP contribution in [0.3, 0.4) is 0 Å². The first-order valence-electron chi connectivity index (χ1n) is 3.41. The third kappa shape index (κ3) is 1.91. The Kier molecular flexibility index (Phi) is 2.51. The lowest BCUT2D eigenvalue weighted by atomic mass is 10.2. The summed E-state index contributed by atoms with van der Waals surface area (Å²) in [5.41, 5.74) is 1.05. The van der Waals surface area contributed by atoms with E-state index in [4.69, 9.17) is 0 Å². The van der Waals surface area contributed by atoms with Crippen LogP contribution in [0.4, 0.5) is 0 Å². The monoisotopic (exact) mass is 132 g/mol. The molecular weight excluding hydrogens is 122 g/mol. The van der Waals surface area contributed by atoms with Crippen LogP contribution >= 0.6 is 0 Å². The van der Waals surface area contributed by atoms with E-state index in [1.807, 2.05) is 37.3 Å². The summed E-state index contributed by atoms with van der Waals surface area (Å²) in [5.74, 6) is 0. The van der Waals surface area contributed by atoms with Crippen molar-refractivity contribution in [3.8, 4) is 6.07 Å². The number of nitrogens with zero attached hydrogens (tertiary/aromatic N) is 1. The van der Waals surface area contributed by atoms with Crippen molar-refractivity contribution in [1.82, 2.24) is 0 Å². The number of rotatable bonds is 0. The second kappa shape index (κ2) is 3.68. The van der Waals surface area contributed by atoms with Gasteiger partial charge in [0.15, 0.2) is 0 Å². The largest absolute Gasteiger partial charge is 0.311 e. The van der Waals surface area contributed by atoms with Gasteiger partial charge in [-0.05, 0) is 12.1 Å². The molecule has 0 saturated heterocycles. The van der Waals surface area contributed by atoms with Crippen molar-refractivity contribution in [2.75, 3.05) is 6.54 Å². The number of hydrogen-bond acceptors (Lipinski definition) is 0. The molecule has 0 aromatic heterocycles. The Morgan fingerprint density at radius 2 is 2.00 bits per heavy atom. The minimum Gasteiger partial charge on any atom is -0.0783 e. The SMILES string of the molecule is CC[N+]#Cc1ccccc1. The highest BCUT2D eigenvalue weighted by Gasteiger charge is 1.88. The minimum atomic E-state index is 0.800. The molecule has 10 heavy (non-hydrogen) atoms. The predicted molar refractivity (Wildman–Crippen MR) is 43.3 cm³/mol. The highest BCUT2D eigenvalue weighted by Crippen LogP contribution is 1.94. The van der Waals surface area contributed by atoms with Gasteiger partial charge in [-0.1, -0.05) is 23.0 Å². The Labute approximate surface area is 61.1 Å². The summed E-state index contributed by atoms with van der Waals surface area (Å²) in [5, 5.41) is 0. The van der Waals surface area contributed by atoms with Crippen LogP contribution in [-0.4, -0.2) is 6.54 Å². The molecule has 0 unspecified atom stereocenters. The molecule has 0 heterocycles. The molecule has 0 bridgehead atoms. The lowest BCUT2D eigenvalue weighted by Crippen LogP contribution is -1.69. The summed E-state index contributed by atoms with van der Waals surface area (Å²) >= 11 is 0. The zero-order valence-corrected chi connectivity index (χ0v) is 6.04. The van der Waals surface area contributed by atoms with E-state index < -0.39 is 0 Å². The molecule has 0 spiro atoms. The fraction of sp³-hybridized carbons (Fsp3) is 0.222. The molecule has 1 nitrogen and oxygen atoms in total. The van der Waals surface area contributed by atoms with Gasteiger partial charge in [0.2, 0.25) is 0 Å². The number of benzene rings is 1. The summed E-state index contributed by atoms with van der Waals surface area (Å²) in [4.78, 5) is 3.99. The van der Waals surface area contributed by atoms with Crippen molar-refractivity contribution in [1.29, 1.82) is 0 Å². The molecule has 1 heteroatoms. The molecule has 1 aromatic carbocycles. The Morgan fingerprint density at radius 1 is 1.30 bits per heavy atom. The fourth-order valence-corrected chi connectivity index (χ4v) is 0.683. The van der Waals surface area contributed by atoms with Gasteiger partial charge in [-0.3, -0.25) is 0 Å². The standard InChI is InChI=1S/C9H10N/c1-2-10-8-9-6-4-3-5-7-9/h3-7H,2H2,1H3/q+1. The molecule has 0 aliphatic rings. The molecule has 0 N–H and O–H groups in total. The topological polar surface area (TPSA) is 4.36 Å². The van der Waals surface area contributed by atoms with E-state index in [2.05, 4.69) is 10.9 Å². The van der Waals surface area contributed by atoms with Crippen LogP contribution < -0.4 is 0 Å². The Morgan fingerprint density at radius 3 is 2.60 bits per heavy atom. The Bertz CT molecular complexity index is 240. The Hall–Kier alpha value is -1.29. The van der Waals surface area contributed by atoms with Crippen molar-refractivity contribution < 1.29 is 0 Å². The predicted octanol–water partition coefficient (Wildman–Crippen LogP) is 2.39. The molecule has 1 rings (SSSR count). The molecule has 0 aliphatic carbocycles. The van der Waals surface area contributed by atoms with Gasteiger partial charge in [-0.25, -0.2) is 0 Å². The lowest BCUT2D eigenvalue weighted by Gasteiger charge is -1.77. The van der Waals surface area contributed by atoms with Crippen LogP contribution in [-0.2, 0) is 0 Å². The first kappa shape index (κ1) is 6.82. The quantitative estimate of drug-likeness (QED) is 0.510. The van der Waals surface area contributed by atoms with Gasteiger partial charge in [0.05, 0.1) is 0 Å². The molecule has 0 fully saturated rings. The van der Waals surface area contributed by atoms with Crippen LogP contribution in [0.25, 0.3) is 4.85 Å². The van der Waals surface area contributed by atoms with E-state index in [0.717, 1.165) is 12.1 Å². The summed E-state index contributed by atoms with van der Waals surface area (Å²) in [6, 6.07) is 12.8. The third-order valence-corrected chi connectivity index (χ3v) is 1.14. The molecule has 0 amide bonds. The van der Waals surface area contributed by atoms with Crippen LogP contribution in [0.15, 0.2) is 30.3 Å². The van der Waals surface area contributed by atoms with Gasteiger partial charge in [-0.15, -0.1) is 0 Å². The van der Waals surface area contributed by atoms with E-state index in [-0.39, 0.29) is 0 Å². The first-order valence-corrected chi connectivity index (χ1v) is 3.41. The van der Waals surface area contributed by atoms with Crippen LogP contribution in [0, 0.1) is 6.07 Å². The molecule has 50 valence electrons. The molecule has 0 aliphatic heterocycles. The molecular formula is C9H10N+. The van der Waals surface area contributed by atoms with E-state index >= 15 is 0 Å². The summed E-state index contributed by atoms with van der Waals surface area (Å²) in [7, 11) is 0. The second-order valence-corrected chi connectivity index (χ2v) is 1.95. The molecule has 0 saturated carbocycles. The minimum absolute atomic E-state index is 0.800. The van der Waals surface area contributed by atoms with Crippen molar-refractivity contribution in [2.24, 2.45) is 0 Å². The van der Waals surface area contributed by atoms with Gasteiger partial charge in [0.25, 0.3) is 6.54 Å². The maximum atomic E-state index is 3.99. The highest BCUT2D eigenvalue weighted by atomic mass is 14.6. The van der Waals surface area contributed by atoms with E-state index in [1.165, 1.54) is 0 Å².